The normalized spacial score (nSPS) is 15.4. The first-order chi connectivity index (χ1) is 11.7. The molecule has 1 N–H and O–H groups in total. The first-order valence-corrected chi connectivity index (χ1v) is 8.52. The Hall–Kier alpha value is -2.33. The molecular weight excluding hydrogens is 300 g/mol. The number of ether oxygens (including phenoxy) is 1. The number of carbonyl (C=O) groups is 1. The van der Waals surface area contributed by atoms with E-state index < -0.39 is 0 Å². The Morgan fingerprint density at radius 1 is 1.17 bits per heavy atom. The Balaban J connectivity index is 1.68. The van der Waals surface area contributed by atoms with Crippen LogP contribution in [0.2, 0.25) is 0 Å². The molecule has 0 bridgehead atoms. The summed E-state index contributed by atoms with van der Waals surface area (Å²) in [6.45, 7) is 6.20. The largest absolute Gasteiger partial charge is 0.492 e. The Morgan fingerprint density at radius 3 is 2.67 bits per heavy atom. The van der Waals surface area contributed by atoms with Crippen LogP contribution in [0, 0.1) is 0 Å². The lowest BCUT2D eigenvalue weighted by Crippen LogP contribution is -2.44. The van der Waals surface area contributed by atoms with Crippen LogP contribution in [0.4, 0.5) is 5.69 Å². The van der Waals surface area contributed by atoms with Gasteiger partial charge in [-0.3, -0.25) is 9.69 Å². The fourth-order valence-corrected chi connectivity index (χ4v) is 3.10. The third-order valence-electron chi connectivity index (χ3n) is 4.53. The number of hydrogen-bond donors (Lipinski definition) is 1. The number of benzene rings is 2. The first-order valence-electron chi connectivity index (χ1n) is 8.52. The molecule has 2 aromatic carbocycles. The van der Waals surface area contributed by atoms with Crippen LogP contribution in [-0.2, 0) is 17.8 Å². The van der Waals surface area contributed by atoms with Gasteiger partial charge in [0.05, 0.1) is 18.3 Å². The molecular formula is C20H24N2O2. The second kappa shape index (κ2) is 7.49. The predicted octanol–water partition coefficient (Wildman–Crippen LogP) is 3.47. The number of hydrogen-bond acceptors (Lipinski definition) is 3. The third kappa shape index (κ3) is 3.60. The highest BCUT2D eigenvalue weighted by molar-refractivity contribution is 5.95. The Morgan fingerprint density at radius 2 is 1.88 bits per heavy atom. The number of fused-ring (bicyclic) bond motifs is 1. The summed E-state index contributed by atoms with van der Waals surface area (Å²) in [6, 6.07) is 15.8. The maximum atomic E-state index is 12.7. The molecule has 2 aromatic rings. The predicted molar refractivity (Wildman–Crippen MR) is 96.3 cm³/mol. The van der Waals surface area contributed by atoms with E-state index in [2.05, 4.69) is 34.5 Å². The summed E-state index contributed by atoms with van der Waals surface area (Å²) in [4.78, 5) is 14.9. The van der Waals surface area contributed by atoms with Crippen molar-refractivity contribution in [3.63, 3.8) is 0 Å². The van der Waals surface area contributed by atoms with Crippen molar-refractivity contribution >= 4 is 11.6 Å². The lowest BCUT2D eigenvalue weighted by Gasteiger charge is -2.33. The summed E-state index contributed by atoms with van der Waals surface area (Å²) in [5, 5.41) is 3.01. The Bertz CT molecular complexity index is 714. The van der Waals surface area contributed by atoms with Gasteiger partial charge in [0.2, 0.25) is 5.91 Å². The van der Waals surface area contributed by atoms with E-state index in [0.717, 1.165) is 25.2 Å². The lowest BCUT2D eigenvalue weighted by atomic mass is 9.99. The van der Waals surface area contributed by atoms with Gasteiger partial charge in [-0.25, -0.2) is 0 Å². The molecule has 1 heterocycles. The van der Waals surface area contributed by atoms with E-state index in [1.54, 1.807) is 0 Å². The molecule has 1 atom stereocenters. The molecule has 0 spiro atoms. The molecule has 0 saturated heterocycles. The quantitative estimate of drug-likeness (QED) is 0.915. The van der Waals surface area contributed by atoms with Crippen molar-refractivity contribution in [3.8, 4) is 5.75 Å². The van der Waals surface area contributed by atoms with Gasteiger partial charge in [0, 0.05) is 13.1 Å². The van der Waals surface area contributed by atoms with E-state index in [-0.39, 0.29) is 11.9 Å². The molecule has 0 fully saturated rings. The standard InChI is InChI=1S/C20H24N2O2/c1-3-24-19-11-7-6-10-18(19)21-20(23)15(2)22-13-12-16-8-4-5-9-17(16)14-22/h4-11,15H,3,12-14H2,1-2H3,(H,21,23). The van der Waals surface area contributed by atoms with Crippen LogP contribution < -0.4 is 10.1 Å². The second-order valence-electron chi connectivity index (χ2n) is 6.08. The summed E-state index contributed by atoms with van der Waals surface area (Å²) in [6.07, 6.45) is 0.989. The highest BCUT2D eigenvalue weighted by Gasteiger charge is 2.25. The average molecular weight is 324 g/mol. The Labute approximate surface area is 143 Å². The molecule has 126 valence electrons. The smallest absolute Gasteiger partial charge is 0.241 e. The number of para-hydroxylation sites is 2. The summed E-state index contributed by atoms with van der Waals surface area (Å²) >= 11 is 0. The number of nitrogens with one attached hydrogen (secondary N) is 1. The van der Waals surface area contributed by atoms with Crippen molar-refractivity contribution < 1.29 is 9.53 Å². The topological polar surface area (TPSA) is 41.6 Å². The summed E-state index contributed by atoms with van der Waals surface area (Å²) in [7, 11) is 0. The number of nitrogens with zero attached hydrogens (tertiary/aromatic N) is 1. The molecule has 1 aliphatic rings. The van der Waals surface area contributed by atoms with Crippen LogP contribution in [0.25, 0.3) is 0 Å². The summed E-state index contributed by atoms with van der Waals surface area (Å²) in [5.41, 5.74) is 3.44. The van der Waals surface area contributed by atoms with E-state index in [1.165, 1.54) is 11.1 Å². The van der Waals surface area contributed by atoms with Gasteiger partial charge in [0.15, 0.2) is 0 Å². The van der Waals surface area contributed by atoms with Gasteiger partial charge in [0.25, 0.3) is 0 Å². The fourth-order valence-electron chi connectivity index (χ4n) is 3.10. The monoisotopic (exact) mass is 324 g/mol. The van der Waals surface area contributed by atoms with E-state index in [0.29, 0.717) is 12.4 Å². The van der Waals surface area contributed by atoms with Gasteiger partial charge < -0.3 is 10.1 Å². The van der Waals surface area contributed by atoms with Gasteiger partial charge >= 0.3 is 0 Å². The SMILES string of the molecule is CCOc1ccccc1NC(=O)C(C)N1CCc2ccccc2C1. The molecule has 4 heteroatoms. The van der Waals surface area contributed by atoms with Crippen LogP contribution >= 0.6 is 0 Å². The van der Waals surface area contributed by atoms with E-state index in [1.807, 2.05) is 38.1 Å². The number of carbonyl (C=O) groups excluding carboxylic acids is 1. The zero-order chi connectivity index (χ0) is 16.9. The molecule has 0 saturated carbocycles. The van der Waals surface area contributed by atoms with Gasteiger partial charge in [-0.05, 0) is 43.5 Å². The fraction of sp³-hybridized carbons (Fsp3) is 0.350. The van der Waals surface area contributed by atoms with Crippen LogP contribution in [0.15, 0.2) is 48.5 Å². The molecule has 1 aliphatic heterocycles. The third-order valence-corrected chi connectivity index (χ3v) is 4.53. The lowest BCUT2D eigenvalue weighted by molar-refractivity contribution is -0.121. The molecule has 3 rings (SSSR count). The minimum absolute atomic E-state index is 0.00142. The van der Waals surface area contributed by atoms with E-state index in [4.69, 9.17) is 4.74 Å². The maximum Gasteiger partial charge on any atom is 0.241 e. The van der Waals surface area contributed by atoms with Crippen molar-refractivity contribution in [1.82, 2.24) is 4.90 Å². The van der Waals surface area contributed by atoms with Crippen LogP contribution in [-0.4, -0.2) is 30.0 Å². The van der Waals surface area contributed by atoms with E-state index in [9.17, 15) is 4.79 Å². The van der Waals surface area contributed by atoms with Crippen molar-refractivity contribution in [2.75, 3.05) is 18.5 Å². The molecule has 1 amide bonds. The van der Waals surface area contributed by atoms with Gasteiger partial charge in [-0.15, -0.1) is 0 Å². The van der Waals surface area contributed by atoms with Gasteiger partial charge in [-0.2, -0.15) is 0 Å². The van der Waals surface area contributed by atoms with Gasteiger partial charge in [0.1, 0.15) is 5.75 Å². The van der Waals surface area contributed by atoms with Crippen molar-refractivity contribution in [3.05, 3.63) is 59.7 Å². The number of anilines is 1. The van der Waals surface area contributed by atoms with Crippen molar-refractivity contribution in [2.45, 2.75) is 32.9 Å². The van der Waals surface area contributed by atoms with Crippen molar-refractivity contribution in [1.29, 1.82) is 0 Å². The maximum absolute atomic E-state index is 12.7. The molecule has 0 aromatic heterocycles. The summed E-state index contributed by atoms with van der Waals surface area (Å²) < 4.78 is 5.58. The van der Waals surface area contributed by atoms with Crippen molar-refractivity contribution in [2.24, 2.45) is 0 Å². The number of amides is 1. The summed E-state index contributed by atoms with van der Waals surface area (Å²) in [5.74, 6) is 0.714. The second-order valence-corrected chi connectivity index (χ2v) is 6.08. The first kappa shape index (κ1) is 16.5. The Kier molecular flexibility index (Phi) is 5.16. The average Bonchev–Trinajstić information content (AvgIpc) is 2.62. The van der Waals surface area contributed by atoms with Crippen LogP contribution in [0.1, 0.15) is 25.0 Å². The zero-order valence-electron chi connectivity index (χ0n) is 14.3. The highest BCUT2D eigenvalue weighted by Crippen LogP contribution is 2.25. The van der Waals surface area contributed by atoms with E-state index >= 15 is 0 Å². The molecule has 0 aliphatic carbocycles. The minimum Gasteiger partial charge on any atom is -0.492 e. The molecule has 0 radical (unpaired) electrons. The van der Waals surface area contributed by atoms with Gasteiger partial charge in [-0.1, -0.05) is 36.4 Å². The molecule has 4 nitrogen and oxygen atoms in total. The molecule has 1 unspecified atom stereocenters. The zero-order valence-corrected chi connectivity index (χ0v) is 14.3. The van der Waals surface area contributed by atoms with Crippen LogP contribution in [0.3, 0.4) is 0 Å². The highest BCUT2D eigenvalue weighted by atomic mass is 16.5. The number of rotatable bonds is 5. The van der Waals surface area contributed by atoms with Crippen LogP contribution in [0.5, 0.6) is 5.75 Å². The minimum atomic E-state index is -0.187. The molecule has 24 heavy (non-hydrogen) atoms.